The van der Waals surface area contributed by atoms with Crippen molar-refractivity contribution >= 4 is 23.3 Å². The number of hydrogen-bond donors (Lipinski definition) is 0. The molecule has 0 atom stereocenters. The minimum Gasteiger partial charge on any atom is -0.300 e. The van der Waals surface area contributed by atoms with E-state index in [0.717, 1.165) is 24.2 Å². The van der Waals surface area contributed by atoms with Crippen molar-refractivity contribution in [1.82, 2.24) is 0 Å². The number of carbonyl (C=O) groups is 2. The summed E-state index contributed by atoms with van der Waals surface area (Å²) in [7, 11) is 0. The zero-order valence-electron chi connectivity index (χ0n) is 10.6. The van der Waals surface area contributed by atoms with E-state index in [-0.39, 0.29) is 11.7 Å². The summed E-state index contributed by atoms with van der Waals surface area (Å²) < 4.78 is 0. The molecule has 0 aromatic heterocycles. The van der Waals surface area contributed by atoms with Crippen LogP contribution < -0.4 is 0 Å². The highest BCUT2D eigenvalue weighted by Crippen LogP contribution is 2.26. The van der Waals surface area contributed by atoms with Gasteiger partial charge in [-0.05, 0) is 30.7 Å². The molecule has 1 aromatic rings. The van der Waals surface area contributed by atoms with E-state index in [1.807, 2.05) is 24.3 Å². The first-order valence-electron chi connectivity index (χ1n) is 6.49. The Morgan fingerprint density at radius 1 is 1.22 bits per heavy atom. The van der Waals surface area contributed by atoms with Gasteiger partial charge in [-0.15, -0.1) is 11.8 Å². The van der Waals surface area contributed by atoms with Crippen LogP contribution in [-0.4, -0.2) is 17.3 Å². The van der Waals surface area contributed by atoms with Gasteiger partial charge in [0.2, 0.25) is 0 Å². The van der Waals surface area contributed by atoms with Gasteiger partial charge in [-0.2, -0.15) is 0 Å². The molecule has 0 saturated heterocycles. The van der Waals surface area contributed by atoms with E-state index in [4.69, 9.17) is 0 Å². The molecule has 1 fully saturated rings. The third-order valence-corrected chi connectivity index (χ3v) is 4.26. The number of carbonyl (C=O) groups excluding carboxylic acids is 2. The maximum atomic E-state index is 12.3. The van der Waals surface area contributed by atoms with E-state index in [0.29, 0.717) is 18.6 Å². The van der Waals surface area contributed by atoms with Gasteiger partial charge < -0.3 is 0 Å². The Balaban J connectivity index is 2.02. The van der Waals surface area contributed by atoms with Crippen LogP contribution >= 0.6 is 11.8 Å². The fourth-order valence-electron chi connectivity index (χ4n) is 2.32. The van der Waals surface area contributed by atoms with E-state index < -0.39 is 0 Å². The molecule has 1 aliphatic carbocycles. The maximum Gasteiger partial charge on any atom is 0.165 e. The second-order valence-corrected chi connectivity index (χ2v) is 5.97. The number of rotatable bonds is 4. The zero-order valence-corrected chi connectivity index (χ0v) is 11.5. The number of Topliss-reactive ketones (excluding diaryl/α,β-unsaturated/α-hetero) is 2. The van der Waals surface area contributed by atoms with Crippen LogP contribution in [0.4, 0.5) is 0 Å². The molecule has 96 valence electrons. The van der Waals surface area contributed by atoms with Crippen molar-refractivity contribution in [3.63, 3.8) is 0 Å². The molecular weight excluding hydrogens is 244 g/mol. The zero-order chi connectivity index (χ0) is 13.0. The van der Waals surface area contributed by atoms with Crippen LogP contribution in [0.15, 0.2) is 29.2 Å². The molecule has 0 aliphatic heterocycles. The molecule has 1 aromatic carbocycles. The van der Waals surface area contributed by atoms with Crippen LogP contribution in [-0.2, 0) is 4.79 Å². The van der Waals surface area contributed by atoms with E-state index in [2.05, 4.69) is 6.92 Å². The van der Waals surface area contributed by atoms with E-state index in [1.54, 1.807) is 11.8 Å². The lowest BCUT2D eigenvalue weighted by atomic mass is 9.83. The highest BCUT2D eigenvalue weighted by Gasteiger charge is 2.25. The average molecular weight is 262 g/mol. The fraction of sp³-hybridized carbons (Fsp3) is 0.467. The van der Waals surface area contributed by atoms with Crippen LogP contribution in [0.2, 0.25) is 0 Å². The van der Waals surface area contributed by atoms with Gasteiger partial charge in [-0.3, -0.25) is 9.59 Å². The summed E-state index contributed by atoms with van der Waals surface area (Å²) in [6.07, 6.45) is 2.59. The normalized spacial score (nSPS) is 16.8. The molecule has 0 heterocycles. The number of thioether (sulfide) groups is 1. The van der Waals surface area contributed by atoms with Crippen molar-refractivity contribution < 1.29 is 9.59 Å². The molecule has 18 heavy (non-hydrogen) atoms. The quantitative estimate of drug-likeness (QED) is 0.612. The predicted octanol–water partition coefficient (Wildman–Crippen LogP) is 3.74. The largest absolute Gasteiger partial charge is 0.300 e. The molecule has 0 bridgehead atoms. The van der Waals surface area contributed by atoms with Crippen molar-refractivity contribution in [1.29, 1.82) is 0 Å². The van der Waals surface area contributed by atoms with Gasteiger partial charge in [-0.25, -0.2) is 0 Å². The molecule has 0 amide bonds. The second kappa shape index (κ2) is 6.19. The van der Waals surface area contributed by atoms with Crippen molar-refractivity contribution in [2.24, 2.45) is 5.92 Å². The van der Waals surface area contributed by atoms with Gasteiger partial charge in [0.25, 0.3) is 0 Å². The third kappa shape index (κ3) is 3.22. The van der Waals surface area contributed by atoms with Crippen LogP contribution in [0.5, 0.6) is 0 Å². The molecule has 2 nitrogen and oxygen atoms in total. The summed E-state index contributed by atoms with van der Waals surface area (Å²) in [5.74, 6) is 1.59. The van der Waals surface area contributed by atoms with E-state index >= 15 is 0 Å². The molecule has 3 heteroatoms. The van der Waals surface area contributed by atoms with Crippen molar-refractivity contribution in [3.05, 3.63) is 29.8 Å². The van der Waals surface area contributed by atoms with Crippen molar-refractivity contribution in [2.75, 3.05) is 5.75 Å². The third-order valence-electron chi connectivity index (χ3n) is 3.36. The summed E-state index contributed by atoms with van der Waals surface area (Å²) in [6.45, 7) is 2.11. The standard InChI is InChI=1S/C15H18O2S/c1-2-18-14-9-5-12(6-10-14)15(17)11-3-7-13(16)8-4-11/h5-6,9-11H,2-4,7-8H2,1H3. The number of hydrogen-bond acceptors (Lipinski definition) is 3. The Kier molecular flexibility index (Phi) is 4.59. The van der Waals surface area contributed by atoms with Gasteiger partial charge in [0.05, 0.1) is 0 Å². The van der Waals surface area contributed by atoms with E-state index in [9.17, 15) is 9.59 Å². The smallest absolute Gasteiger partial charge is 0.165 e. The Morgan fingerprint density at radius 3 is 2.39 bits per heavy atom. The van der Waals surface area contributed by atoms with Crippen LogP contribution in [0.25, 0.3) is 0 Å². The summed E-state index contributed by atoms with van der Waals surface area (Å²) >= 11 is 1.78. The van der Waals surface area contributed by atoms with Gasteiger partial charge in [-0.1, -0.05) is 19.1 Å². The van der Waals surface area contributed by atoms with Gasteiger partial charge >= 0.3 is 0 Å². The molecule has 1 saturated carbocycles. The topological polar surface area (TPSA) is 34.1 Å². The van der Waals surface area contributed by atoms with Crippen molar-refractivity contribution in [2.45, 2.75) is 37.5 Å². The lowest BCUT2D eigenvalue weighted by Gasteiger charge is -2.19. The summed E-state index contributed by atoms with van der Waals surface area (Å²) in [5.41, 5.74) is 0.787. The Labute approximate surface area is 112 Å². The van der Waals surface area contributed by atoms with Crippen LogP contribution in [0, 0.1) is 5.92 Å². The summed E-state index contributed by atoms with van der Waals surface area (Å²) in [6, 6.07) is 7.85. The summed E-state index contributed by atoms with van der Waals surface area (Å²) in [4.78, 5) is 24.6. The first kappa shape index (κ1) is 13.3. The predicted molar refractivity (Wildman–Crippen MR) is 74.1 cm³/mol. The number of ketones is 2. The molecular formula is C15H18O2S. The maximum absolute atomic E-state index is 12.3. The molecule has 1 aliphatic rings. The summed E-state index contributed by atoms with van der Waals surface area (Å²) in [5, 5.41) is 0. The van der Waals surface area contributed by atoms with Gasteiger partial charge in [0.15, 0.2) is 5.78 Å². The Morgan fingerprint density at radius 2 is 1.83 bits per heavy atom. The van der Waals surface area contributed by atoms with Crippen molar-refractivity contribution in [3.8, 4) is 0 Å². The highest BCUT2D eigenvalue weighted by molar-refractivity contribution is 7.99. The van der Waals surface area contributed by atoms with Crippen LogP contribution in [0.3, 0.4) is 0 Å². The Bertz CT molecular complexity index is 426. The number of benzene rings is 1. The van der Waals surface area contributed by atoms with Crippen LogP contribution in [0.1, 0.15) is 43.0 Å². The van der Waals surface area contributed by atoms with E-state index in [1.165, 1.54) is 4.90 Å². The minimum absolute atomic E-state index is 0.0485. The average Bonchev–Trinajstić information content (AvgIpc) is 2.40. The van der Waals surface area contributed by atoms with Gasteiger partial charge in [0.1, 0.15) is 5.78 Å². The lowest BCUT2D eigenvalue weighted by molar-refractivity contribution is -0.120. The minimum atomic E-state index is 0.0485. The fourth-order valence-corrected chi connectivity index (χ4v) is 2.98. The molecule has 0 spiro atoms. The molecule has 0 radical (unpaired) electrons. The second-order valence-electron chi connectivity index (χ2n) is 4.63. The molecule has 0 unspecified atom stereocenters. The molecule has 0 N–H and O–H groups in total. The Hall–Kier alpha value is -1.09. The highest BCUT2D eigenvalue weighted by atomic mass is 32.2. The SMILES string of the molecule is CCSc1ccc(C(=O)C2CCC(=O)CC2)cc1. The first-order chi connectivity index (χ1) is 8.70. The molecule has 2 rings (SSSR count). The van der Waals surface area contributed by atoms with Gasteiger partial charge in [0, 0.05) is 29.2 Å². The first-order valence-corrected chi connectivity index (χ1v) is 7.48. The monoisotopic (exact) mass is 262 g/mol. The lowest BCUT2D eigenvalue weighted by Crippen LogP contribution is -2.21.